The predicted octanol–water partition coefficient (Wildman–Crippen LogP) is 6.14. The number of nitrogens with one attached hydrogen (secondary N) is 1. The Balaban J connectivity index is 1.62. The molecular weight excluding hydrogens is 490 g/mol. The van der Waals surface area contributed by atoms with Crippen molar-refractivity contribution in [1.29, 1.82) is 0 Å². The lowest BCUT2D eigenvalue weighted by molar-refractivity contribution is -0.138. The highest BCUT2D eigenvalue weighted by Crippen LogP contribution is 2.47. The second-order valence-corrected chi connectivity index (χ2v) is 11.3. The quantitative estimate of drug-likeness (QED) is 0.416. The maximum atomic E-state index is 14.0. The fourth-order valence-corrected chi connectivity index (χ4v) is 5.55. The molecule has 3 aromatic rings. The van der Waals surface area contributed by atoms with Crippen molar-refractivity contribution in [3.8, 4) is 0 Å². The Morgan fingerprint density at radius 2 is 1.64 bits per heavy atom. The number of hydrogen-bond donors (Lipinski definition) is 2. The third-order valence-electron chi connectivity index (χ3n) is 7.58. The van der Waals surface area contributed by atoms with Crippen LogP contribution < -0.4 is 10.2 Å². The number of anilines is 2. The van der Waals surface area contributed by atoms with Crippen molar-refractivity contribution in [2.45, 2.75) is 63.8 Å². The topological polar surface area (TPSA) is 99.6 Å². The largest absolute Gasteiger partial charge is 0.481 e. The highest BCUT2D eigenvalue weighted by atomic mass is 16.4. The van der Waals surface area contributed by atoms with Gasteiger partial charge in [0.15, 0.2) is 5.78 Å². The summed E-state index contributed by atoms with van der Waals surface area (Å²) in [5, 5.41) is 12.8. The minimum Gasteiger partial charge on any atom is -0.481 e. The summed E-state index contributed by atoms with van der Waals surface area (Å²) in [6.07, 6.45) is 3.76. The molecule has 2 heterocycles. The first-order valence-electron chi connectivity index (χ1n) is 13.3. The predicted molar refractivity (Wildman–Crippen MR) is 151 cm³/mol. The van der Waals surface area contributed by atoms with Gasteiger partial charge in [-0.3, -0.25) is 24.3 Å². The first kappa shape index (κ1) is 26.4. The van der Waals surface area contributed by atoms with E-state index in [0.717, 1.165) is 16.8 Å². The van der Waals surface area contributed by atoms with Gasteiger partial charge in [-0.15, -0.1) is 0 Å². The standard InChI is InChI=1S/C32H33N3O4/c1-32(2,3)23-10-8-20(9-11-23)22-18-25-30(27(36)19-22)31(21-14-16-33-17-15-21)35(28(37)12-13-29(38)39)26-7-5-4-6-24(26)34-25/h4-11,14-17,22,31,34H,12-13,18-19H2,1-3H3,(H,38,39)/t22-,31+/m1/s1. The van der Waals surface area contributed by atoms with E-state index >= 15 is 0 Å². The third-order valence-corrected chi connectivity index (χ3v) is 7.58. The molecule has 39 heavy (non-hydrogen) atoms. The summed E-state index contributed by atoms with van der Waals surface area (Å²) in [6, 6.07) is 18.9. The average Bonchev–Trinajstić information content (AvgIpc) is 3.06. The van der Waals surface area contributed by atoms with Crippen molar-refractivity contribution >= 4 is 29.0 Å². The number of pyridine rings is 1. The van der Waals surface area contributed by atoms with Gasteiger partial charge < -0.3 is 10.4 Å². The Bertz CT molecular complexity index is 1440. The number of hydrogen-bond acceptors (Lipinski definition) is 5. The molecule has 200 valence electrons. The van der Waals surface area contributed by atoms with E-state index in [-0.39, 0.29) is 35.9 Å². The van der Waals surface area contributed by atoms with Crippen molar-refractivity contribution in [3.63, 3.8) is 0 Å². The number of para-hydroxylation sites is 2. The summed E-state index contributed by atoms with van der Waals surface area (Å²) in [5.74, 6) is -1.43. The average molecular weight is 524 g/mol. The van der Waals surface area contributed by atoms with Crippen LogP contribution in [0.3, 0.4) is 0 Å². The second kappa shape index (κ2) is 10.5. The smallest absolute Gasteiger partial charge is 0.303 e. The molecule has 1 aliphatic heterocycles. The van der Waals surface area contributed by atoms with Crippen LogP contribution in [0.25, 0.3) is 0 Å². The first-order chi connectivity index (χ1) is 18.6. The molecule has 7 heteroatoms. The van der Waals surface area contributed by atoms with E-state index in [9.17, 15) is 19.5 Å². The number of carbonyl (C=O) groups excluding carboxylic acids is 2. The van der Waals surface area contributed by atoms with Crippen LogP contribution in [0.4, 0.5) is 11.4 Å². The highest BCUT2D eigenvalue weighted by Gasteiger charge is 2.41. The van der Waals surface area contributed by atoms with Crippen molar-refractivity contribution in [2.75, 3.05) is 10.2 Å². The number of aromatic nitrogens is 1. The minimum atomic E-state index is -1.04. The van der Waals surface area contributed by atoms with E-state index in [4.69, 9.17) is 0 Å². The monoisotopic (exact) mass is 523 g/mol. The number of benzene rings is 2. The summed E-state index contributed by atoms with van der Waals surface area (Å²) in [7, 11) is 0. The van der Waals surface area contributed by atoms with Crippen LogP contribution in [0, 0.1) is 0 Å². The molecule has 2 aromatic carbocycles. The van der Waals surface area contributed by atoms with Crippen LogP contribution in [-0.2, 0) is 19.8 Å². The molecule has 5 rings (SSSR count). The SMILES string of the molecule is CC(C)(C)c1ccc([C@H]2CC(=O)C3=C(C2)Nc2ccccc2N(C(=O)CCC(=O)O)[C@H]3c2ccncc2)cc1. The fraction of sp³-hybridized carbons (Fsp3) is 0.312. The van der Waals surface area contributed by atoms with Gasteiger partial charge in [0.25, 0.3) is 0 Å². The normalized spacial score (nSPS) is 19.1. The van der Waals surface area contributed by atoms with Gasteiger partial charge in [-0.25, -0.2) is 0 Å². The molecular formula is C32H33N3O4. The maximum absolute atomic E-state index is 14.0. The molecule has 1 aromatic heterocycles. The summed E-state index contributed by atoms with van der Waals surface area (Å²) in [6.45, 7) is 6.54. The number of carboxylic acid groups (broad SMARTS) is 1. The summed E-state index contributed by atoms with van der Waals surface area (Å²) >= 11 is 0. The summed E-state index contributed by atoms with van der Waals surface area (Å²) in [4.78, 5) is 44.7. The van der Waals surface area contributed by atoms with Crippen LogP contribution in [0.5, 0.6) is 0 Å². The van der Waals surface area contributed by atoms with Crippen molar-refractivity contribution in [1.82, 2.24) is 4.98 Å². The number of amides is 1. The molecule has 0 unspecified atom stereocenters. The van der Waals surface area contributed by atoms with Gasteiger partial charge in [-0.2, -0.15) is 0 Å². The molecule has 2 aliphatic rings. The van der Waals surface area contributed by atoms with E-state index in [2.05, 4.69) is 55.3 Å². The van der Waals surface area contributed by atoms with Gasteiger partial charge in [0.1, 0.15) is 0 Å². The van der Waals surface area contributed by atoms with E-state index in [1.54, 1.807) is 17.3 Å². The van der Waals surface area contributed by atoms with E-state index in [0.29, 0.717) is 29.8 Å². The van der Waals surface area contributed by atoms with Crippen molar-refractivity contribution in [3.05, 3.63) is 101 Å². The zero-order valence-corrected chi connectivity index (χ0v) is 22.5. The lowest BCUT2D eigenvalue weighted by Gasteiger charge is -2.35. The third kappa shape index (κ3) is 5.35. The lowest BCUT2D eigenvalue weighted by atomic mass is 9.77. The Morgan fingerprint density at radius 1 is 0.949 bits per heavy atom. The Morgan fingerprint density at radius 3 is 2.31 bits per heavy atom. The minimum absolute atomic E-state index is 0.00252. The fourth-order valence-electron chi connectivity index (χ4n) is 5.55. The van der Waals surface area contributed by atoms with Crippen LogP contribution >= 0.6 is 0 Å². The maximum Gasteiger partial charge on any atom is 0.303 e. The van der Waals surface area contributed by atoms with E-state index < -0.39 is 12.0 Å². The number of carboxylic acids is 1. The van der Waals surface area contributed by atoms with Crippen molar-refractivity contribution < 1.29 is 19.5 Å². The number of allylic oxidation sites excluding steroid dienone is 1. The molecule has 1 amide bonds. The molecule has 0 bridgehead atoms. The van der Waals surface area contributed by atoms with Gasteiger partial charge in [0.2, 0.25) is 5.91 Å². The number of fused-ring (bicyclic) bond motifs is 1. The second-order valence-electron chi connectivity index (χ2n) is 11.3. The molecule has 0 saturated carbocycles. The molecule has 0 fully saturated rings. The van der Waals surface area contributed by atoms with E-state index in [1.807, 2.05) is 36.4 Å². The Labute approximate surface area is 228 Å². The highest BCUT2D eigenvalue weighted by molar-refractivity contribution is 6.06. The van der Waals surface area contributed by atoms with Crippen LogP contribution in [0.15, 0.2) is 84.3 Å². The zero-order chi connectivity index (χ0) is 27.7. The molecule has 1 aliphatic carbocycles. The number of Topliss-reactive ketones (excluding diaryl/α,β-unsaturated/α-hetero) is 1. The first-order valence-corrected chi connectivity index (χ1v) is 13.3. The van der Waals surface area contributed by atoms with E-state index in [1.165, 1.54) is 5.56 Å². The Hall–Kier alpha value is -4.26. The molecule has 0 radical (unpaired) electrons. The number of aliphatic carboxylic acids is 1. The zero-order valence-electron chi connectivity index (χ0n) is 22.5. The van der Waals surface area contributed by atoms with Gasteiger partial charge in [0.05, 0.1) is 23.8 Å². The number of nitrogens with zero attached hydrogens (tertiary/aromatic N) is 2. The summed E-state index contributed by atoms with van der Waals surface area (Å²) < 4.78 is 0. The molecule has 7 nitrogen and oxygen atoms in total. The lowest BCUT2D eigenvalue weighted by Crippen LogP contribution is -2.38. The molecule has 0 spiro atoms. The number of carbonyl (C=O) groups is 3. The van der Waals surface area contributed by atoms with Crippen LogP contribution in [0.1, 0.15) is 75.1 Å². The Kier molecular flexibility index (Phi) is 7.08. The van der Waals surface area contributed by atoms with Crippen LogP contribution in [0.2, 0.25) is 0 Å². The van der Waals surface area contributed by atoms with Gasteiger partial charge in [-0.05, 0) is 58.7 Å². The van der Waals surface area contributed by atoms with Gasteiger partial charge in [0, 0.05) is 36.5 Å². The summed E-state index contributed by atoms with van der Waals surface area (Å²) in [5.41, 5.74) is 5.80. The molecule has 0 saturated heterocycles. The van der Waals surface area contributed by atoms with Crippen molar-refractivity contribution in [2.24, 2.45) is 0 Å². The van der Waals surface area contributed by atoms with Gasteiger partial charge >= 0.3 is 5.97 Å². The van der Waals surface area contributed by atoms with Crippen LogP contribution in [-0.4, -0.2) is 27.8 Å². The van der Waals surface area contributed by atoms with Gasteiger partial charge in [-0.1, -0.05) is 57.2 Å². The number of ketones is 1. The molecule has 2 atom stereocenters. The molecule has 2 N–H and O–H groups in total. The number of rotatable bonds is 5.